The molecule has 1 heterocycles. The van der Waals surface area contributed by atoms with Gasteiger partial charge in [-0.15, -0.1) is 0 Å². The smallest absolute Gasteiger partial charge is 0.0587 e. The molecule has 20 heavy (non-hydrogen) atoms. The fourth-order valence-corrected chi connectivity index (χ4v) is 3.41. The van der Waals surface area contributed by atoms with Crippen molar-refractivity contribution in [2.45, 2.75) is 26.3 Å². The first-order valence-corrected chi connectivity index (χ1v) is 8.23. The summed E-state index contributed by atoms with van der Waals surface area (Å²) in [5.41, 5.74) is 2.64. The minimum atomic E-state index is 0.755. The number of benzene rings is 1. The van der Waals surface area contributed by atoms with Gasteiger partial charge in [-0.05, 0) is 52.4 Å². The van der Waals surface area contributed by atoms with Crippen molar-refractivity contribution in [3.63, 3.8) is 0 Å². The van der Waals surface area contributed by atoms with Crippen LogP contribution in [0.25, 0.3) is 0 Å². The Morgan fingerprint density at radius 3 is 3.00 bits per heavy atom. The first-order valence-electron chi connectivity index (χ1n) is 7.43. The largest absolute Gasteiger partial charge is 0.383 e. The van der Waals surface area contributed by atoms with Gasteiger partial charge in [0.05, 0.1) is 12.3 Å². The van der Waals surface area contributed by atoms with Gasteiger partial charge in [-0.2, -0.15) is 0 Å². The molecule has 0 spiro atoms. The number of nitrogens with zero attached hydrogens (tertiary/aromatic N) is 1. The molecular formula is C16H25BrN2O. The lowest BCUT2D eigenvalue weighted by atomic mass is 9.99. The van der Waals surface area contributed by atoms with E-state index < -0.39 is 0 Å². The van der Waals surface area contributed by atoms with E-state index in [-0.39, 0.29) is 0 Å². The predicted molar refractivity (Wildman–Crippen MR) is 88.3 cm³/mol. The Balaban J connectivity index is 1.95. The summed E-state index contributed by atoms with van der Waals surface area (Å²) in [6.07, 6.45) is 2.66. The van der Waals surface area contributed by atoms with Crippen molar-refractivity contribution in [3.8, 4) is 0 Å². The maximum atomic E-state index is 5.03. The Bertz CT molecular complexity index is 425. The van der Waals surface area contributed by atoms with Gasteiger partial charge in [0, 0.05) is 37.8 Å². The number of piperidine rings is 1. The molecule has 0 aromatic heterocycles. The van der Waals surface area contributed by atoms with E-state index >= 15 is 0 Å². The Morgan fingerprint density at radius 2 is 2.30 bits per heavy atom. The number of hydrogen-bond acceptors (Lipinski definition) is 3. The van der Waals surface area contributed by atoms with Crippen molar-refractivity contribution in [1.29, 1.82) is 0 Å². The van der Waals surface area contributed by atoms with Crippen LogP contribution in [0.3, 0.4) is 0 Å². The molecule has 3 nitrogen and oxygen atoms in total. The Kier molecular flexibility index (Phi) is 6.33. The standard InChI is InChI=1S/C16H25BrN2O/c1-13-4-3-8-19(12-13)16-6-5-14(10-15(16)17)11-18-7-9-20-2/h5-6,10,13,18H,3-4,7-9,11-12H2,1-2H3. The molecule has 0 radical (unpaired) electrons. The van der Waals surface area contributed by atoms with E-state index in [1.165, 1.54) is 41.7 Å². The summed E-state index contributed by atoms with van der Waals surface area (Å²) >= 11 is 3.73. The van der Waals surface area contributed by atoms with Crippen LogP contribution < -0.4 is 10.2 Å². The summed E-state index contributed by atoms with van der Waals surface area (Å²) in [4.78, 5) is 2.50. The van der Waals surface area contributed by atoms with Crippen LogP contribution in [0, 0.1) is 5.92 Å². The highest BCUT2D eigenvalue weighted by Crippen LogP contribution is 2.30. The molecule has 1 aromatic rings. The van der Waals surface area contributed by atoms with Crippen molar-refractivity contribution in [3.05, 3.63) is 28.2 Å². The third-order valence-corrected chi connectivity index (χ3v) is 4.46. The zero-order valence-corrected chi connectivity index (χ0v) is 14.1. The molecular weight excluding hydrogens is 316 g/mol. The minimum absolute atomic E-state index is 0.755. The van der Waals surface area contributed by atoms with Gasteiger partial charge in [0.1, 0.15) is 0 Å². The second kappa shape index (κ2) is 8.01. The highest BCUT2D eigenvalue weighted by molar-refractivity contribution is 9.10. The normalized spacial score (nSPS) is 19.4. The number of anilines is 1. The van der Waals surface area contributed by atoms with Gasteiger partial charge >= 0.3 is 0 Å². The monoisotopic (exact) mass is 340 g/mol. The molecule has 1 saturated heterocycles. The number of hydrogen-bond donors (Lipinski definition) is 1. The molecule has 1 aromatic carbocycles. The molecule has 1 unspecified atom stereocenters. The van der Waals surface area contributed by atoms with E-state index in [1.807, 2.05) is 0 Å². The number of nitrogens with one attached hydrogen (secondary N) is 1. The van der Waals surface area contributed by atoms with Crippen molar-refractivity contribution < 1.29 is 4.74 Å². The van der Waals surface area contributed by atoms with Gasteiger partial charge in [-0.25, -0.2) is 0 Å². The molecule has 1 N–H and O–H groups in total. The van der Waals surface area contributed by atoms with Gasteiger partial charge in [-0.3, -0.25) is 0 Å². The summed E-state index contributed by atoms with van der Waals surface area (Å²) in [5.74, 6) is 0.797. The molecule has 0 amide bonds. The fraction of sp³-hybridized carbons (Fsp3) is 0.625. The van der Waals surface area contributed by atoms with Crippen LogP contribution in [0.4, 0.5) is 5.69 Å². The summed E-state index contributed by atoms with van der Waals surface area (Å²) in [6, 6.07) is 6.70. The molecule has 2 rings (SSSR count). The number of rotatable bonds is 6. The van der Waals surface area contributed by atoms with Crippen LogP contribution in [-0.4, -0.2) is 33.4 Å². The van der Waals surface area contributed by atoms with Crippen molar-refractivity contribution >= 4 is 21.6 Å². The lowest BCUT2D eigenvalue weighted by molar-refractivity contribution is 0.199. The van der Waals surface area contributed by atoms with Gasteiger partial charge < -0.3 is 15.0 Å². The zero-order chi connectivity index (χ0) is 14.4. The second-order valence-electron chi connectivity index (χ2n) is 5.65. The summed E-state index contributed by atoms with van der Waals surface area (Å²) in [6.45, 7) is 7.22. The summed E-state index contributed by atoms with van der Waals surface area (Å²) in [5, 5.41) is 3.38. The maximum absolute atomic E-state index is 5.03. The van der Waals surface area contributed by atoms with Crippen LogP contribution >= 0.6 is 15.9 Å². The molecule has 1 atom stereocenters. The average molecular weight is 341 g/mol. The third kappa shape index (κ3) is 4.47. The number of ether oxygens (including phenoxy) is 1. The highest BCUT2D eigenvalue weighted by atomic mass is 79.9. The quantitative estimate of drug-likeness (QED) is 0.803. The van der Waals surface area contributed by atoms with Crippen molar-refractivity contribution in [1.82, 2.24) is 5.32 Å². The van der Waals surface area contributed by atoms with Crippen LogP contribution in [0.15, 0.2) is 22.7 Å². The molecule has 112 valence electrons. The van der Waals surface area contributed by atoms with Gasteiger partial charge in [-0.1, -0.05) is 13.0 Å². The minimum Gasteiger partial charge on any atom is -0.383 e. The lowest BCUT2D eigenvalue weighted by Gasteiger charge is -2.33. The Labute approximate surface area is 130 Å². The predicted octanol–water partition coefficient (Wildman–Crippen LogP) is 3.42. The van der Waals surface area contributed by atoms with Gasteiger partial charge in [0.25, 0.3) is 0 Å². The molecule has 0 saturated carbocycles. The van der Waals surface area contributed by atoms with Crippen LogP contribution in [0.2, 0.25) is 0 Å². The van der Waals surface area contributed by atoms with E-state index in [2.05, 4.69) is 51.3 Å². The molecule has 0 bridgehead atoms. The van der Waals surface area contributed by atoms with E-state index in [4.69, 9.17) is 4.74 Å². The van der Waals surface area contributed by atoms with E-state index in [0.29, 0.717) is 0 Å². The van der Waals surface area contributed by atoms with Crippen molar-refractivity contribution in [2.75, 3.05) is 38.3 Å². The third-order valence-electron chi connectivity index (χ3n) is 3.82. The SMILES string of the molecule is COCCNCc1ccc(N2CCCC(C)C2)c(Br)c1. The molecule has 1 aliphatic heterocycles. The first kappa shape index (κ1) is 15.8. The van der Waals surface area contributed by atoms with E-state index in [1.54, 1.807) is 7.11 Å². The Hall–Kier alpha value is -0.580. The summed E-state index contributed by atoms with van der Waals surface area (Å²) < 4.78 is 6.24. The van der Waals surface area contributed by atoms with Crippen molar-refractivity contribution in [2.24, 2.45) is 5.92 Å². The fourth-order valence-electron chi connectivity index (χ4n) is 2.73. The zero-order valence-electron chi connectivity index (χ0n) is 12.5. The van der Waals surface area contributed by atoms with Gasteiger partial charge in [0.2, 0.25) is 0 Å². The number of halogens is 1. The van der Waals surface area contributed by atoms with Crippen LogP contribution in [0.5, 0.6) is 0 Å². The summed E-state index contributed by atoms with van der Waals surface area (Å²) in [7, 11) is 1.73. The molecule has 0 aliphatic carbocycles. The molecule has 1 fully saturated rings. The topological polar surface area (TPSA) is 24.5 Å². The highest BCUT2D eigenvalue weighted by Gasteiger charge is 2.18. The van der Waals surface area contributed by atoms with E-state index in [9.17, 15) is 0 Å². The lowest BCUT2D eigenvalue weighted by Crippen LogP contribution is -2.34. The maximum Gasteiger partial charge on any atom is 0.0587 e. The first-order chi connectivity index (χ1) is 9.70. The van der Waals surface area contributed by atoms with Crippen LogP contribution in [-0.2, 0) is 11.3 Å². The number of methoxy groups -OCH3 is 1. The van der Waals surface area contributed by atoms with E-state index in [0.717, 1.165) is 25.6 Å². The average Bonchev–Trinajstić information content (AvgIpc) is 2.44. The second-order valence-corrected chi connectivity index (χ2v) is 6.50. The Morgan fingerprint density at radius 1 is 1.45 bits per heavy atom. The molecule has 1 aliphatic rings. The van der Waals surface area contributed by atoms with Crippen LogP contribution in [0.1, 0.15) is 25.3 Å². The van der Waals surface area contributed by atoms with Gasteiger partial charge in [0.15, 0.2) is 0 Å². The molecule has 4 heteroatoms.